The number of thiazole rings is 1. The summed E-state index contributed by atoms with van der Waals surface area (Å²) in [4.78, 5) is 12.4. The summed E-state index contributed by atoms with van der Waals surface area (Å²) in [5, 5.41) is 4.36. The molecule has 0 atom stereocenters. The number of fused-ring (bicyclic) bond motifs is 1. The molecule has 0 bridgehead atoms. The third-order valence-corrected chi connectivity index (χ3v) is 4.48. The van der Waals surface area contributed by atoms with Crippen LogP contribution in [0.3, 0.4) is 0 Å². The summed E-state index contributed by atoms with van der Waals surface area (Å²) in [5.74, 6) is 2.48. The number of aryl methyl sites for hydroxylation is 1. The second kappa shape index (κ2) is 7.53. The Morgan fingerprint density at radius 2 is 2.21 bits per heavy atom. The SMILES string of the molecule is CCNC(=NCc1ncc(C)s1)N(C)Cc1ccc2c(c1)OCO2. The van der Waals surface area contributed by atoms with Gasteiger partial charge in [0.25, 0.3) is 0 Å². The van der Waals surface area contributed by atoms with Crippen LogP contribution < -0.4 is 14.8 Å². The number of aliphatic imine (C=N–C) groups is 1. The van der Waals surface area contributed by atoms with Crippen molar-refractivity contribution in [2.45, 2.75) is 26.9 Å². The summed E-state index contributed by atoms with van der Waals surface area (Å²) < 4.78 is 10.8. The van der Waals surface area contributed by atoms with Crippen LogP contribution in [-0.4, -0.2) is 36.2 Å². The molecule has 24 heavy (non-hydrogen) atoms. The fourth-order valence-electron chi connectivity index (χ4n) is 2.47. The summed E-state index contributed by atoms with van der Waals surface area (Å²) in [6.07, 6.45) is 1.89. The second-order valence-corrected chi connectivity index (χ2v) is 6.90. The Morgan fingerprint density at radius 1 is 1.38 bits per heavy atom. The molecule has 1 aliphatic rings. The predicted octanol–water partition coefficient (Wildman–Crippen LogP) is 2.78. The van der Waals surface area contributed by atoms with Gasteiger partial charge in [0.1, 0.15) is 5.01 Å². The van der Waals surface area contributed by atoms with Gasteiger partial charge < -0.3 is 19.7 Å². The molecule has 128 valence electrons. The van der Waals surface area contributed by atoms with Crippen molar-refractivity contribution in [1.29, 1.82) is 0 Å². The number of nitrogens with one attached hydrogen (secondary N) is 1. The Bertz CT molecular complexity index is 729. The minimum atomic E-state index is 0.298. The molecule has 1 N–H and O–H groups in total. The number of aromatic nitrogens is 1. The van der Waals surface area contributed by atoms with E-state index in [9.17, 15) is 0 Å². The number of nitrogens with zero attached hydrogens (tertiary/aromatic N) is 3. The first kappa shape index (κ1) is 16.6. The van der Waals surface area contributed by atoms with Crippen LogP contribution in [0.2, 0.25) is 0 Å². The molecule has 3 rings (SSSR count). The molecular weight excluding hydrogens is 324 g/mol. The third kappa shape index (κ3) is 3.97. The molecule has 1 aromatic heterocycles. The lowest BCUT2D eigenvalue weighted by Crippen LogP contribution is -2.38. The highest BCUT2D eigenvalue weighted by Gasteiger charge is 2.14. The number of ether oxygens (including phenoxy) is 2. The molecule has 6 nitrogen and oxygen atoms in total. The van der Waals surface area contributed by atoms with Crippen molar-refractivity contribution < 1.29 is 9.47 Å². The van der Waals surface area contributed by atoms with Crippen molar-refractivity contribution in [3.63, 3.8) is 0 Å². The molecule has 0 fully saturated rings. The van der Waals surface area contributed by atoms with Crippen molar-refractivity contribution >= 4 is 17.3 Å². The molecule has 2 aromatic rings. The fourth-order valence-corrected chi connectivity index (χ4v) is 3.19. The topological polar surface area (TPSA) is 59.0 Å². The van der Waals surface area contributed by atoms with E-state index in [2.05, 4.69) is 40.1 Å². The standard InChI is InChI=1S/C17H22N4O2S/c1-4-18-17(20-9-16-19-8-12(2)24-16)21(3)10-13-5-6-14-15(7-13)23-11-22-14/h5-8H,4,9-11H2,1-3H3,(H,18,20). The lowest BCUT2D eigenvalue weighted by molar-refractivity contribution is 0.174. The van der Waals surface area contributed by atoms with E-state index >= 15 is 0 Å². The summed E-state index contributed by atoms with van der Waals surface area (Å²) in [6, 6.07) is 6.03. The summed E-state index contributed by atoms with van der Waals surface area (Å²) in [5.41, 5.74) is 1.15. The maximum Gasteiger partial charge on any atom is 0.231 e. The summed E-state index contributed by atoms with van der Waals surface area (Å²) in [7, 11) is 2.03. The summed E-state index contributed by atoms with van der Waals surface area (Å²) in [6.45, 7) is 6.57. The van der Waals surface area contributed by atoms with E-state index in [-0.39, 0.29) is 0 Å². The zero-order valence-corrected chi connectivity index (χ0v) is 15.0. The van der Waals surface area contributed by atoms with E-state index in [1.807, 2.05) is 25.4 Å². The molecule has 0 unspecified atom stereocenters. The molecule has 1 aromatic carbocycles. The zero-order valence-electron chi connectivity index (χ0n) is 14.2. The molecule has 1 aliphatic heterocycles. The molecule has 7 heteroatoms. The van der Waals surface area contributed by atoms with Crippen molar-refractivity contribution in [2.24, 2.45) is 4.99 Å². The van der Waals surface area contributed by atoms with Crippen molar-refractivity contribution in [2.75, 3.05) is 20.4 Å². The molecular formula is C17H22N4O2S. The fraction of sp³-hybridized carbons (Fsp3) is 0.412. The van der Waals surface area contributed by atoms with Gasteiger partial charge in [-0.15, -0.1) is 11.3 Å². The first-order valence-electron chi connectivity index (χ1n) is 7.95. The molecule has 2 heterocycles. The number of guanidine groups is 1. The van der Waals surface area contributed by atoms with Crippen LogP contribution in [0, 0.1) is 6.92 Å². The number of rotatable bonds is 5. The minimum Gasteiger partial charge on any atom is -0.454 e. The van der Waals surface area contributed by atoms with E-state index < -0.39 is 0 Å². The molecule has 0 saturated carbocycles. The monoisotopic (exact) mass is 346 g/mol. The third-order valence-electron chi connectivity index (χ3n) is 3.59. The van der Waals surface area contributed by atoms with Gasteiger partial charge in [0.15, 0.2) is 17.5 Å². The predicted molar refractivity (Wildman–Crippen MR) is 95.7 cm³/mol. The summed E-state index contributed by atoms with van der Waals surface area (Å²) >= 11 is 1.68. The van der Waals surface area contributed by atoms with Gasteiger partial charge in [0, 0.05) is 31.2 Å². The number of benzene rings is 1. The zero-order chi connectivity index (χ0) is 16.9. The van der Waals surface area contributed by atoms with E-state index in [4.69, 9.17) is 9.47 Å². The van der Waals surface area contributed by atoms with Crippen LogP contribution in [0.25, 0.3) is 0 Å². The van der Waals surface area contributed by atoms with Gasteiger partial charge in [0.05, 0.1) is 6.54 Å². The molecule has 0 aliphatic carbocycles. The van der Waals surface area contributed by atoms with Gasteiger partial charge in [0.2, 0.25) is 6.79 Å². The van der Waals surface area contributed by atoms with Gasteiger partial charge in [-0.25, -0.2) is 9.98 Å². The highest BCUT2D eigenvalue weighted by atomic mass is 32.1. The first-order chi connectivity index (χ1) is 11.7. The van der Waals surface area contributed by atoms with Gasteiger partial charge in [-0.05, 0) is 31.5 Å². The average molecular weight is 346 g/mol. The average Bonchev–Trinajstić information content (AvgIpc) is 3.19. The van der Waals surface area contributed by atoms with E-state index in [0.717, 1.165) is 41.1 Å². The largest absolute Gasteiger partial charge is 0.454 e. The van der Waals surface area contributed by atoms with E-state index in [1.54, 1.807) is 11.3 Å². The quantitative estimate of drug-likeness (QED) is 0.666. The van der Waals surface area contributed by atoms with Crippen molar-refractivity contribution in [3.8, 4) is 11.5 Å². The molecule has 0 saturated heterocycles. The van der Waals surface area contributed by atoms with Crippen molar-refractivity contribution in [3.05, 3.63) is 39.8 Å². The Hall–Kier alpha value is -2.28. The van der Waals surface area contributed by atoms with Gasteiger partial charge >= 0.3 is 0 Å². The van der Waals surface area contributed by atoms with Crippen molar-refractivity contribution in [1.82, 2.24) is 15.2 Å². The van der Waals surface area contributed by atoms with Crippen LogP contribution >= 0.6 is 11.3 Å². The lowest BCUT2D eigenvalue weighted by atomic mass is 10.2. The Labute approximate surface area is 146 Å². The van der Waals surface area contributed by atoms with Crippen LogP contribution in [-0.2, 0) is 13.1 Å². The first-order valence-corrected chi connectivity index (χ1v) is 8.76. The van der Waals surface area contributed by atoms with E-state index in [1.165, 1.54) is 4.88 Å². The lowest BCUT2D eigenvalue weighted by Gasteiger charge is -2.22. The highest BCUT2D eigenvalue weighted by Crippen LogP contribution is 2.32. The maximum atomic E-state index is 5.44. The van der Waals surface area contributed by atoms with Crippen LogP contribution in [0.5, 0.6) is 11.5 Å². The van der Waals surface area contributed by atoms with Crippen LogP contribution in [0.15, 0.2) is 29.4 Å². The Kier molecular flexibility index (Phi) is 5.20. The highest BCUT2D eigenvalue weighted by molar-refractivity contribution is 7.11. The number of hydrogen-bond acceptors (Lipinski definition) is 5. The maximum absolute atomic E-state index is 5.44. The minimum absolute atomic E-state index is 0.298. The second-order valence-electron chi connectivity index (χ2n) is 5.58. The van der Waals surface area contributed by atoms with Crippen LogP contribution in [0.1, 0.15) is 22.4 Å². The van der Waals surface area contributed by atoms with E-state index in [0.29, 0.717) is 13.3 Å². The van der Waals surface area contributed by atoms with Crippen LogP contribution in [0.4, 0.5) is 0 Å². The Morgan fingerprint density at radius 3 is 2.96 bits per heavy atom. The molecule has 0 amide bonds. The van der Waals surface area contributed by atoms with Gasteiger partial charge in [-0.2, -0.15) is 0 Å². The molecule has 0 spiro atoms. The normalized spacial score (nSPS) is 13.2. The number of hydrogen-bond donors (Lipinski definition) is 1. The van der Waals surface area contributed by atoms with Gasteiger partial charge in [-0.3, -0.25) is 0 Å². The van der Waals surface area contributed by atoms with Gasteiger partial charge in [-0.1, -0.05) is 6.07 Å². The smallest absolute Gasteiger partial charge is 0.231 e. The molecule has 0 radical (unpaired) electrons. The Balaban J connectivity index is 1.68.